The minimum absolute atomic E-state index is 0.0818. The molecule has 0 rings (SSSR count). The van der Waals surface area contributed by atoms with Gasteiger partial charge in [0.05, 0.1) is 6.54 Å². The Labute approximate surface area is 64.7 Å². The van der Waals surface area contributed by atoms with Crippen LogP contribution in [-0.4, -0.2) is 40.7 Å². The van der Waals surface area contributed by atoms with Gasteiger partial charge in [0.25, 0.3) is 0 Å². The van der Waals surface area contributed by atoms with E-state index in [1.807, 2.05) is 0 Å². The van der Waals surface area contributed by atoms with E-state index in [1.54, 1.807) is 0 Å². The predicted octanol–water partition coefficient (Wildman–Crippen LogP) is -1.25. The maximum atomic E-state index is 9.94. The SMILES string of the molecule is O=C(O)CNCCCC(O)O. The second kappa shape index (κ2) is 6.09. The summed E-state index contributed by atoms with van der Waals surface area (Å²) in [5, 5.41) is 27.5. The molecule has 66 valence electrons. The average molecular weight is 163 g/mol. The zero-order valence-corrected chi connectivity index (χ0v) is 6.16. The third kappa shape index (κ3) is 9.35. The van der Waals surface area contributed by atoms with Gasteiger partial charge in [-0.15, -0.1) is 0 Å². The standard InChI is InChI=1S/C6H13NO4/c8-5(9)2-1-3-7-4-6(10)11/h5,7-9H,1-4H2,(H,10,11). The molecule has 0 heterocycles. The summed E-state index contributed by atoms with van der Waals surface area (Å²) in [7, 11) is 0. The Morgan fingerprint density at radius 3 is 2.55 bits per heavy atom. The highest BCUT2D eigenvalue weighted by atomic mass is 16.5. The average Bonchev–Trinajstić information content (AvgIpc) is 1.85. The number of aliphatic hydroxyl groups excluding tert-OH is 1. The second-order valence-corrected chi connectivity index (χ2v) is 2.19. The number of carboxylic acid groups (broad SMARTS) is 1. The van der Waals surface area contributed by atoms with Gasteiger partial charge < -0.3 is 20.6 Å². The third-order valence-electron chi connectivity index (χ3n) is 1.09. The molecular weight excluding hydrogens is 150 g/mol. The molecule has 0 unspecified atom stereocenters. The van der Waals surface area contributed by atoms with Crippen molar-refractivity contribution in [3.05, 3.63) is 0 Å². The summed E-state index contributed by atoms with van der Waals surface area (Å²) in [6.07, 6.45) is -0.459. The number of nitrogens with one attached hydrogen (secondary N) is 1. The molecule has 5 nitrogen and oxygen atoms in total. The molecule has 0 saturated heterocycles. The van der Waals surface area contributed by atoms with Crippen molar-refractivity contribution in [2.24, 2.45) is 0 Å². The lowest BCUT2D eigenvalue weighted by atomic mass is 10.3. The molecular formula is C6H13NO4. The Bertz CT molecular complexity index is 115. The van der Waals surface area contributed by atoms with Crippen molar-refractivity contribution < 1.29 is 20.1 Å². The highest BCUT2D eigenvalue weighted by Gasteiger charge is 1.97. The minimum Gasteiger partial charge on any atom is -0.480 e. The summed E-state index contributed by atoms with van der Waals surface area (Å²) >= 11 is 0. The zero-order chi connectivity index (χ0) is 8.69. The molecule has 4 N–H and O–H groups in total. The van der Waals surface area contributed by atoms with E-state index >= 15 is 0 Å². The molecule has 0 bridgehead atoms. The summed E-state index contributed by atoms with van der Waals surface area (Å²) in [4.78, 5) is 9.94. The first-order valence-electron chi connectivity index (χ1n) is 3.41. The number of carboxylic acids is 1. The smallest absolute Gasteiger partial charge is 0.317 e. The summed E-state index contributed by atoms with van der Waals surface area (Å²) in [5.74, 6) is -0.908. The zero-order valence-electron chi connectivity index (χ0n) is 6.16. The molecule has 0 aliphatic heterocycles. The fourth-order valence-corrected chi connectivity index (χ4v) is 0.605. The highest BCUT2D eigenvalue weighted by Crippen LogP contribution is 1.90. The van der Waals surface area contributed by atoms with Crippen LogP contribution in [0.25, 0.3) is 0 Å². The topological polar surface area (TPSA) is 89.8 Å². The van der Waals surface area contributed by atoms with Crippen molar-refractivity contribution in [2.45, 2.75) is 19.1 Å². The largest absolute Gasteiger partial charge is 0.480 e. The fourth-order valence-electron chi connectivity index (χ4n) is 0.605. The van der Waals surface area contributed by atoms with Crippen LogP contribution in [0.2, 0.25) is 0 Å². The van der Waals surface area contributed by atoms with Crippen molar-refractivity contribution in [1.82, 2.24) is 5.32 Å². The van der Waals surface area contributed by atoms with Crippen LogP contribution in [0.5, 0.6) is 0 Å². The van der Waals surface area contributed by atoms with E-state index in [0.717, 1.165) is 0 Å². The third-order valence-corrected chi connectivity index (χ3v) is 1.09. The van der Waals surface area contributed by atoms with Crippen molar-refractivity contribution >= 4 is 5.97 Å². The number of carbonyl (C=O) groups is 1. The Hall–Kier alpha value is -0.650. The van der Waals surface area contributed by atoms with Crippen LogP contribution in [0.4, 0.5) is 0 Å². The van der Waals surface area contributed by atoms with Crippen molar-refractivity contribution in [3.63, 3.8) is 0 Å². The van der Waals surface area contributed by atoms with E-state index in [9.17, 15) is 4.79 Å². The molecule has 0 fully saturated rings. The lowest BCUT2D eigenvalue weighted by Gasteiger charge is -2.02. The molecule has 0 spiro atoms. The van der Waals surface area contributed by atoms with Gasteiger partial charge in [0.15, 0.2) is 6.29 Å². The highest BCUT2D eigenvalue weighted by molar-refractivity contribution is 5.68. The van der Waals surface area contributed by atoms with Crippen LogP contribution in [0.1, 0.15) is 12.8 Å². The first-order valence-corrected chi connectivity index (χ1v) is 3.41. The quantitative estimate of drug-likeness (QED) is 0.290. The van der Waals surface area contributed by atoms with Crippen LogP contribution >= 0.6 is 0 Å². The van der Waals surface area contributed by atoms with Crippen LogP contribution in [-0.2, 0) is 4.79 Å². The van der Waals surface area contributed by atoms with E-state index < -0.39 is 12.3 Å². The number of rotatable bonds is 6. The number of hydrogen-bond donors (Lipinski definition) is 4. The lowest BCUT2D eigenvalue weighted by Crippen LogP contribution is -2.24. The van der Waals surface area contributed by atoms with E-state index in [2.05, 4.69) is 5.32 Å². The van der Waals surface area contributed by atoms with Gasteiger partial charge in [-0.25, -0.2) is 0 Å². The molecule has 11 heavy (non-hydrogen) atoms. The number of aliphatic carboxylic acids is 1. The van der Waals surface area contributed by atoms with E-state index in [0.29, 0.717) is 13.0 Å². The van der Waals surface area contributed by atoms with Gasteiger partial charge >= 0.3 is 5.97 Å². The maximum Gasteiger partial charge on any atom is 0.317 e. The van der Waals surface area contributed by atoms with Crippen LogP contribution < -0.4 is 5.32 Å². The second-order valence-electron chi connectivity index (χ2n) is 2.19. The van der Waals surface area contributed by atoms with Crippen LogP contribution in [0.15, 0.2) is 0 Å². The van der Waals surface area contributed by atoms with Gasteiger partial charge in [-0.05, 0) is 19.4 Å². The van der Waals surface area contributed by atoms with Gasteiger partial charge in [-0.1, -0.05) is 0 Å². The molecule has 0 radical (unpaired) electrons. The lowest BCUT2D eigenvalue weighted by molar-refractivity contribution is -0.135. The Morgan fingerprint density at radius 1 is 1.45 bits per heavy atom. The number of aliphatic hydroxyl groups is 2. The van der Waals surface area contributed by atoms with E-state index in [-0.39, 0.29) is 13.0 Å². The molecule has 0 aliphatic carbocycles. The van der Waals surface area contributed by atoms with E-state index in [4.69, 9.17) is 15.3 Å². The minimum atomic E-state index is -1.29. The fraction of sp³-hybridized carbons (Fsp3) is 0.833. The monoisotopic (exact) mass is 163 g/mol. The Kier molecular flexibility index (Phi) is 5.73. The van der Waals surface area contributed by atoms with Crippen molar-refractivity contribution in [3.8, 4) is 0 Å². The normalized spacial score (nSPS) is 10.5. The van der Waals surface area contributed by atoms with Gasteiger partial charge in [0.2, 0.25) is 0 Å². The summed E-state index contributed by atoms with van der Waals surface area (Å²) < 4.78 is 0. The molecule has 0 aliphatic rings. The van der Waals surface area contributed by atoms with E-state index in [1.165, 1.54) is 0 Å². The maximum absolute atomic E-state index is 9.94. The molecule has 5 heteroatoms. The summed E-state index contributed by atoms with van der Waals surface area (Å²) in [6.45, 7) is 0.408. The van der Waals surface area contributed by atoms with Gasteiger partial charge in [-0.2, -0.15) is 0 Å². The summed E-state index contributed by atoms with van der Waals surface area (Å²) in [5.41, 5.74) is 0. The Balaban J connectivity index is 2.97. The van der Waals surface area contributed by atoms with Gasteiger partial charge in [0.1, 0.15) is 0 Å². The van der Waals surface area contributed by atoms with Crippen molar-refractivity contribution in [1.29, 1.82) is 0 Å². The van der Waals surface area contributed by atoms with Crippen LogP contribution in [0.3, 0.4) is 0 Å². The molecule has 0 saturated carbocycles. The summed E-state index contributed by atoms with van der Waals surface area (Å²) in [6, 6.07) is 0. The molecule has 0 amide bonds. The molecule has 0 aromatic carbocycles. The molecule has 0 atom stereocenters. The van der Waals surface area contributed by atoms with Gasteiger partial charge in [0, 0.05) is 0 Å². The first-order chi connectivity index (χ1) is 5.13. The first kappa shape index (κ1) is 10.3. The molecule has 0 aromatic heterocycles. The number of hydrogen-bond acceptors (Lipinski definition) is 4. The Morgan fingerprint density at radius 2 is 2.09 bits per heavy atom. The van der Waals surface area contributed by atoms with Crippen molar-refractivity contribution in [2.75, 3.05) is 13.1 Å². The van der Waals surface area contributed by atoms with Crippen LogP contribution in [0, 0.1) is 0 Å². The predicted molar refractivity (Wildman–Crippen MR) is 38.0 cm³/mol. The van der Waals surface area contributed by atoms with Gasteiger partial charge in [-0.3, -0.25) is 4.79 Å². The molecule has 0 aromatic rings.